The van der Waals surface area contributed by atoms with Crippen LogP contribution in [0.3, 0.4) is 0 Å². The van der Waals surface area contributed by atoms with Crippen LogP contribution in [-0.4, -0.2) is 0 Å². The second-order valence-electron chi connectivity index (χ2n) is 4.44. The van der Waals surface area contributed by atoms with Crippen molar-refractivity contribution < 1.29 is 4.73 Å². The van der Waals surface area contributed by atoms with Crippen molar-refractivity contribution in [1.82, 2.24) is 0 Å². The van der Waals surface area contributed by atoms with Crippen molar-refractivity contribution in [2.45, 2.75) is 37.5 Å². The lowest BCUT2D eigenvalue weighted by molar-refractivity contribution is -0.628. The van der Waals surface area contributed by atoms with Crippen LogP contribution in [0.4, 0.5) is 0 Å². The number of pyridine rings is 1. The number of fused-ring (bicyclic) bond motifs is 2. The van der Waals surface area contributed by atoms with Crippen molar-refractivity contribution in [3.63, 3.8) is 0 Å². The lowest BCUT2D eigenvalue weighted by Crippen LogP contribution is -2.40. The quantitative estimate of drug-likeness (QED) is 0.313. The highest BCUT2D eigenvalue weighted by atomic mass is 127. The smallest absolute Gasteiger partial charge is 0.252 e. The lowest BCUT2D eigenvalue weighted by Gasteiger charge is -2.23. The molecule has 1 fully saturated rings. The normalized spacial score (nSPS) is 22.1. The van der Waals surface area contributed by atoms with Crippen molar-refractivity contribution in [2.24, 2.45) is 0 Å². The molecule has 0 aliphatic heterocycles. The summed E-state index contributed by atoms with van der Waals surface area (Å²) in [5, 5.41) is 11.8. The van der Waals surface area contributed by atoms with E-state index < -0.39 is 0 Å². The summed E-state index contributed by atoms with van der Waals surface area (Å²) in [6.07, 6.45) is 6.04. The highest BCUT2D eigenvalue weighted by molar-refractivity contribution is 14.1. The van der Waals surface area contributed by atoms with Crippen LogP contribution in [0.25, 0.3) is 0 Å². The fraction of sp³-hybridized carbons (Fsp3) is 0.545. The highest BCUT2D eigenvalue weighted by Crippen LogP contribution is 2.54. The average molecular weight is 301 g/mol. The molecule has 74 valence electrons. The van der Waals surface area contributed by atoms with E-state index in [9.17, 15) is 5.21 Å². The van der Waals surface area contributed by atoms with Gasteiger partial charge in [-0.1, -0.05) is 0 Å². The molecule has 2 nitrogen and oxygen atoms in total. The molecular formula is C11H12INO. The first-order chi connectivity index (χ1) is 6.73. The molecule has 0 unspecified atom stereocenters. The Morgan fingerprint density at radius 1 is 1.29 bits per heavy atom. The molecule has 2 aliphatic rings. The summed E-state index contributed by atoms with van der Waals surface area (Å²) >= 11 is 2.11. The number of rotatable bonds is 0. The summed E-state index contributed by atoms with van der Waals surface area (Å²) < 4.78 is 1.94. The molecule has 0 aromatic carbocycles. The summed E-state index contributed by atoms with van der Waals surface area (Å²) in [5.74, 6) is 0. The van der Waals surface area contributed by atoms with Crippen molar-refractivity contribution in [3.8, 4) is 0 Å². The van der Waals surface area contributed by atoms with E-state index in [-0.39, 0.29) is 0 Å². The monoisotopic (exact) mass is 301 g/mol. The molecule has 0 saturated heterocycles. The van der Waals surface area contributed by atoms with Gasteiger partial charge in [-0.05, 0) is 31.7 Å². The Kier molecular flexibility index (Phi) is 1.81. The molecule has 1 spiro atoms. The van der Waals surface area contributed by atoms with Gasteiger partial charge in [-0.25, -0.2) is 0 Å². The van der Waals surface area contributed by atoms with Gasteiger partial charge >= 0.3 is 0 Å². The van der Waals surface area contributed by atoms with Gasteiger partial charge < -0.3 is 5.21 Å². The van der Waals surface area contributed by atoms with Gasteiger partial charge in [0.05, 0.1) is 0 Å². The lowest BCUT2D eigenvalue weighted by atomic mass is 9.83. The maximum absolute atomic E-state index is 11.8. The summed E-state index contributed by atoms with van der Waals surface area (Å²) in [5.41, 5.74) is 2.81. The summed E-state index contributed by atoms with van der Waals surface area (Å²) in [6.45, 7) is 0. The van der Waals surface area contributed by atoms with Gasteiger partial charge in [0.25, 0.3) is 3.70 Å². The fourth-order valence-corrected chi connectivity index (χ4v) is 3.14. The van der Waals surface area contributed by atoms with Crippen LogP contribution in [0.15, 0.2) is 12.1 Å². The average Bonchev–Trinajstić information content (AvgIpc) is 2.93. The predicted molar refractivity (Wildman–Crippen MR) is 62.0 cm³/mol. The van der Waals surface area contributed by atoms with E-state index in [0.29, 0.717) is 5.41 Å². The number of hydrogen-bond donors (Lipinski definition) is 0. The second kappa shape index (κ2) is 2.84. The fourth-order valence-electron chi connectivity index (χ4n) is 2.67. The van der Waals surface area contributed by atoms with E-state index in [1.54, 1.807) is 0 Å². The Morgan fingerprint density at radius 3 is 2.79 bits per heavy atom. The summed E-state index contributed by atoms with van der Waals surface area (Å²) in [7, 11) is 0. The van der Waals surface area contributed by atoms with Crippen LogP contribution in [-0.2, 0) is 11.8 Å². The third-order valence-electron chi connectivity index (χ3n) is 3.63. The molecule has 1 heterocycles. The minimum absolute atomic E-state index is 0.421. The van der Waals surface area contributed by atoms with Gasteiger partial charge in [0.15, 0.2) is 5.69 Å². The van der Waals surface area contributed by atoms with Crippen molar-refractivity contribution in [2.75, 3.05) is 0 Å². The zero-order valence-electron chi connectivity index (χ0n) is 7.92. The summed E-state index contributed by atoms with van der Waals surface area (Å²) in [6, 6.07) is 4.13. The Bertz CT molecular complexity index is 399. The number of hydrogen-bond acceptors (Lipinski definition) is 1. The largest absolute Gasteiger partial charge is 0.618 e. The van der Waals surface area contributed by atoms with E-state index in [4.69, 9.17) is 0 Å². The minimum atomic E-state index is 0.421. The minimum Gasteiger partial charge on any atom is -0.618 e. The molecule has 0 amide bonds. The van der Waals surface area contributed by atoms with Crippen LogP contribution >= 0.6 is 22.6 Å². The molecule has 0 radical (unpaired) electrons. The molecule has 0 atom stereocenters. The Labute approximate surface area is 97.0 Å². The van der Waals surface area contributed by atoms with Gasteiger partial charge in [0.1, 0.15) is 0 Å². The van der Waals surface area contributed by atoms with Crippen molar-refractivity contribution >= 4 is 22.6 Å². The Morgan fingerprint density at radius 2 is 2.07 bits per heavy atom. The van der Waals surface area contributed by atoms with E-state index in [2.05, 4.69) is 28.7 Å². The molecule has 0 bridgehead atoms. The standard InChI is InChI=1S/C11H12INO/c12-10-4-3-8-9(13(10)14)2-1-5-11(8)6-7-11/h3-4H,1-2,5-7H2. The molecule has 1 aromatic rings. The van der Waals surface area contributed by atoms with Crippen LogP contribution in [0.2, 0.25) is 0 Å². The molecule has 3 heteroatoms. The Hall–Kier alpha value is -0.320. The molecular weight excluding hydrogens is 289 g/mol. The first-order valence-electron chi connectivity index (χ1n) is 5.14. The van der Waals surface area contributed by atoms with Gasteiger partial charge in [0.2, 0.25) is 0 Å². The first kappa shape index (κ1) is 8.95. The summed E-state index contributed by atoms with van der Waals surface area (Å²) in [4.78, 5) is 0. The van der Waals surface area contributed by atoms with Gasteiger partial charge in [-0.15, -0.1) is 0 Å². The predicted octanol–water partition coefficient (Wildman–Crippen LogP) is 2.29. The van der Waals surface area contributed by atoms with E-state index in [0.717, 1.165) is 20.5 Å². The maximum atomic E-state index is 11.8. The highest BCUT2D eigenvalue weighted by Gasteiger charge is 2.49. The van der Waals surface area contributed by atoms with E-state index >= 15 is 0 Å². The first-order valence-corrected chi connectivity index (χ1v) is 6.22. The number of aromatic nitrogens is 1. The van der Waals surface area contributed by atoms with Gasteiger partial charge in [0, 0.05) is 46.1 Å². The molecule has 0 N–H and O–H groups in total. The third kappa shape index (κ3) is 1.11. The third-order valence-corrected chi connectivity index (χ3v) is 4.43. The van der Waals surface area contributed by atoms with Crippen LogP contribution < -0.4 is 4.73 Å². The van der Waals surface area contributed by atoms with Crippen LogP contribution in [0.1, 0.15) is 36.9 Å². The second-order valence-corrected chi connectivity index (χ2v) is 5.55. The molecule has 1 aromatic heterocycles. The van der Waals surface area contributed by atoms with Gasteiger partial charge in [-0.3, -0.25) is 0 Å². The van der Waals surface area contributed by atoms with E-state index in [1.165, 1.54) is 31.2 Å². The number of halogens is 1. The van der Waals surface area contributed by atoms with Gasteiger partial charge in [-0.2, -0.15) is 4.73 Å². The van der Waals surface area contributed by atoms with Crippen LogP contribution in [0.5, 0.6) is 0 Å². The maximum Gasteiger partial charge on any atom is 0.252 e. The molecule has 14 heavy (non-hydrogen) atoms. The topological polar surface area (TPSA) is 26.9 Å². The van der Waals surface area contributed by atoms with Crippen LogP contribution in [0, 0.1) is 8.91 Å². The molecule has 3 rings (SSSR count). The molecule has 2 aliphatic carbocycles. The number of nitrogens with zero attached hydrogens (tertiary/aromatic N) is 1. The van der Waals surface area contributed by atoms with E-state index in [1.807, 2.05) is 6.07 Å². The zero-order chi connectivity index (χ0) is 9.76. The SMILES string of the molecule is [O-][n+]1c(I)ccc2c1CCCC21CC1. The zero-order valence-corrected chi connectivity index (χ0v) is 10.1. The van der Waals surface area contributed by atoms with Crippen molar-refractivity contribution in [3.05, 3.63) is 32.3 Å². The van der Waals surface area contributed by atoms with Crippen molar-refractivity contribution in [1.29, 1.82) is 0 Å². The molecule has 1 saturated carbocycles. The Balaban J connectivity index is 2.21.